The molecule has 4 unspecified atom stereocenters. The minimum absolute atomic E-state index is 0.0179. The van der Waals surface area contributed by atoms with Gasteiger partial charge in [0, 0.05) is 19.0 Å². The smallest absolute Gasteiger partial charge is 0.109 e. The lowest BCUT2D eigenvalue weighted by Gasteiger charge is -2.27. The molecule has 1 fully saturated rings. The third-order valence-corrected chi connectivity index (χ3v) is 5.83. The summed E-state index contributed by atoms with van der Waals surface area (Å²) in [6, 6.07) is -0.146. The SMILES string of the molecule is CCCCCCCCCCCCCCCC(O)NC(CC1NCCO1)C(C)O. The minimum atomic E-state index is -0.547. The van der Waals surface area contributed by atoms with Crippen LogP contribution in [0.2, 0.25) is 0 Å². The number of hydrogen-bond acceptors (Lipinski definition) is 5. The minimum Gasteiger partial charge on any atom is -0.392 e. The summed E-state index contributed by atoms with van der Waals surface area (Å²) in [6.07, 6.45) is 17.7. The number of unbranched alkanes of at least 4 members (excludes halogenated alkanes) is 12. The first kappa shape index (κ1) is 25.8. The van der Waals surface area contributed by atoms with Crippen molar-refractivity contribution < 1.29 is 14.9 Å². The second-order valence-corrected chi connectivity index (χ2v) is 8.61. The average Bonchev–Trinajstić information content (AvgIpc) is 3.18. The Bertz CT molecular complexity index is 336. The van der Waals surface area contributed by atoms with E-state index in [0.29, 0.717) is 6.42 Å². The monoisotopic (exact) mass is 400 g/mol. The molecule has 5 heteroatoms. The molecule has 168 valence electrons. The molecular weight excluding hydrogens is 352 g/mol. The molecule has 4 atom stereocenters. The van der Waals surface area contributed by atoms with Gasteiger partial charge in [-0.2, -0.15) is 0 Å². The van der Waals surface area contributed by atoms with Gasteiger partial charge >= 0.3 is 0 Å². The fourth-order valence-corrected chi connectivity index (χ4v) is 3.95. The van der Waals surface area contributed by atoms with Gasteiger partial charge < -0.3 is 14.9 Å². The molecule has 4 N–H and O–H groups in total. The quantitative estimate of drug-likeness (QED) is 0.190. The van der Waals surface area contributed by atoms with E-state index >= 15 is 0 Å². The van der Waals surface area contributed by atoms with Crippen molar-refractivity contribution in [2.24, 2.45) is 0 Å². The number of rotatable bonds is 19. The Balaban J connectivity index is 1.91. The lowest BCUT2D eigenvalue weighted by Crippen LogP contribution is -2.47. The van der Waals surface area contributed by atoms with E-state index in [-0.39, 0.29) is 12.3 Å². The molecule has 1 heterocycles. The van der Waals surface area contributed by atoms with Crippen molar-refractivity contribution in [1.82, 2.24) is 10.6 Å². The second kappa shape index (κ2) is 17.6. The van der Waals surface area contributed by atoms with E-state index in [0.717, 1.165) is 26.0 Å². The Morgan fingerprint density at radius 1 is 0.893 bits per heavy atom. The third-order valence-electron chi connectivity index (χ3n) is 5.83. The van der Waals surface area contributed by atoms with E-state index in [9.17, 15) is 10.2 Å². The molecule has 0 bridgehead atoms. The topological polar surface area (TPSA) is 73.8 Å². The first-order valence-corrected chi connectivity index (χ1v) is 12.1. The van der Waals surface area contributed by atoms with Gasteiger partial charge in [0.15, 0.2) is 0 Å². The fraction of sp³-hybridized carbons (Fsp3) is 1.00. The third kappa shape index (κ3) is 13.9. The lowest BCUT2D eigenvalue weighted by molar-refractivity contribution is 0.0276. The molecule has 1 saturated heterocycles. The average molecular weight is 401 g/mol. The molecule has 1 aliphatic rings. The molecule has 28 heavy (non-hydrogen) atoms. The molecule has 5 nitrogen and oxygen atoms in total. The first-order chi connectivity index (χ1) is 13.6. The molecule has 1 aliphatic heterocycles. The Labute approximate surface area is 174 Å². The standard InChI is InChI=1S/C23H48N2O3/c1-3-4-5-6-7-8-9-10-11-12-13-14-15-16-22(27)25-21(20(2)26)19-23-24-17-18-28-23/h20-27H,3-19H2,1-2H3. The van der Waals surface area contributed by atoms with Gasteiger partial charge in [-0.05, 0) is 19.8 Å². The molecule has 0 radical (unpaired) electrons. The molecule has 0 spiro atoms. The van der Waals surface area contributed by atoms with Crippen LogP contribution in [0.25, 0.3) is 0 Å². The molecule has 0 aromatic carbocycles. The highest BCUT2D eigenvalue weighted by Gasteiger charge is 2.24. The zero-order chi connectivity index (χ0) is 20.5. The molecule has 0 aromatic rings. The number of hydrogen-bond donors (Lipinski definition) is 4. The van der Waals surface area contributed by atoms with Gasteiger partial charge in [0.1, 0.15) is 12.5 Å². The van der Waals surface area contributed by atoms with E-state index in [1.807, 2.05) is 0 Å². The molecule has 0 aliphatic carbocycles. The van der Waals surface area contributed by atoms with Gasteiger partial charge in [-0.25, -0.2) is 0 Å². The Morgan fingerprint density at radius 3 is 1.89 bits per heavy atom. The van der Waals surface area contributed by atoms with E-state index < -0.39 is 12.3 Å². The highest BCUT2D eigenvalue weighted by molar-refractivity contribution is 4.79. The zero-order valence-corrected chi connectivity index (χ0v) is 18.6. The molecule has 1 rings (SSSR count). The highest BCUT2D eigenvalue weighted by atomic mass is 16.5. The van der Waals surface area contributed by atoms with Crippen molar-refractivity contribution in [1.29, 1.82) is 0 Å². The molecular formula is C23H48N2O3. The Kier molecular flexibility index (Phi) is 16.3. The summed E-state index contributed by atoms with van der Waals surface area (Å²) in [6.45, 7) is 5.62. The summed E-state index contributed by atoms with van der Waals surface area (Å²) in [7, 11) is 0. The van der Waals surface area contributed by atoms with Crippen LogP contribution in [-0.2, 0) is 4.74 Å². The van der Waals surface area contributed by atoms with Crippen LogP contribution in [0.15, 0.2) is 0 Å². The van der Waals surface area contributed by atoms with Crippen molar-refractivity contribution in [3.05, 3.63) is 0 Å². The van der Waals surface area contributed by atoms with E-state index in [1.165, 1.54) is 77.0 Å². The summed E-state index contributed by atoms with van der Waals surface area (Å²) in [5.74, 6) is 0. The predicted octanol–water partition coefficient (Wildman–Crippen LogP) is 4.46. The number of aliphatic hydroxyl groups excluding tert-OH is 2. The van der Waals surface area contributed by atoms with Gasteiger partial charge in [-0.15, -0.1) is 0 Å². The van der Waals surface area contributed by atoms with Crippen molar-refractivity contribution in [2.45, 2.75) is 135 Å². The van der Waals surface area contributed by atoms with Crippen molar-refractivity contribution >= 4 is 0 Å². The number of aliphatic hydroxyl groups is 2. The van der Waals surface area contributed by atoms with E-state index in [4.69, 9.17) is 4.74 Å². The summed E-state index contributed by atoms with van der Waals surface area (Å²) in [5.41, 5.74) is 0. The summed E-state index contributed by atoms with van der Waals surface area (Å²) >= 11 is 0. The van der Waals surface area contributed by atoms with Gasteiger partial charge in [-0.1, -0.05) is 84.0 Å². The largest absolute Gasteiger partial charge is 0.392 e. The van der Waals surface area contributed by atoms with E-state index in [1.54, 1.807) is 6.92 Å². The van der Waals surface area contributed by atoms with Crippen LogP contribution in [0.1, 0.15) is 110 Å². The summed E-state index contributed by atoms with van der Waals surface area (Å²) in [5, 5.41) is 26.6. The lowest BCUT2D eigenvalue weighted by atomic mass is 10.0. The van der Waals surface area contributed by atoms with Crippen LogP contribution in [0.5, 0.6) is 0 Å². The van der Waals surface area contributed by atoms with E-state index in [2.05, 4.69) is 17.6 Å². The van der Waals surface area contributed by atoms with Crippen LogP contribution < -0.4 is 10.6 Å². The van der Waals surface area contributed by atoms with Crippen molar-refractivity contribution in [3.63, 3.8) is 0 Å². The maximum Gasteiger partial charge on any atom is 0.109 e. The van der Waals surface area contributed by atoms with Crippen molar-refractivity contribution in [3.8, 4) is 0 Å². The highest BCUT2D eigenvalue weighted by Crippen LogP contribution is 2.14. The van der Waals surface area contributed by atoms with Gasteiger partial charge in [0.05, 0.1) is 12.7 Å². The zero-order valence-electron chi connectivity index (χ0n) is 18.6. The number of ether oxygens (including phenoxy) is 1. The van der Waals surface area contributed by atoms with Crippen LogP contribution in [0.3, 0.4) is 0 Å². The molecule has 0 aromatic heterocycles. The maximum absolute atomic E-state index is 10.2. The Hall–Kier alpha value is -0.200. The summed E-state index contributed by atoms with van der Waals surface area (Å²) in [4.78, 5) is 0. The molecule has 0 saturated carbocycles. The van der Waals surface area contributed by atoms with Gasteiger partial charge in [-0.3, -0.25) is 10.6 Å². The molecule has 0 amide bonds. The van der Waals surface area contributed by atoms with Gasteiger partial charge in [0.25, 0.3) is 0 Å². The van der Waals surface area contributed by atoms with Crippen LogP contribution in [0, 0.1) is 0 Å². The first-order valence-electron chi connectivity index (χ1n) is 12.1. The van der Waals surface area contributed by atoms with Crippen LogP contribution in [0.4, 0.5) is 0 Å². The van der Waals surface area contributed by atoms with Crippen LogP contribution in [-0.4, -0.2) is 48.0 Å². The second-order valence-electron chi connectivity index (χ2n) is 8.61. The maximum atomic E-state index is 10.2. The predicted molar refractivity (Wildman–Crippen MR) is 117 cm³/mol. The van der Waals surface area contributed by atoms with Gasteiger partial charge in [0.2, 0.25) is 0 Å². The number of nitrogens with one attached hydrogen (secondary N) is 2. The normalized spacial score (nSPS) is 20.4. The fourth-order valence-electron chi connectivity index (χ4n) is 3.95. The van der Waals surface area contributed by atoms with Crippen molar-refractivity contribution in [2.75, 3.05) is 13.2 Å². The summed E-state index contributed by atoms with van der Waals surface area (Å²) < 4.78 is 5.55. The Morgan fingerprint density at radius 2 is 1.43 bits per heavy atom. The van der Waals surface area contributed by atoms with Crippen LogP contribution >= 0.6 is 0 Å².